The number of hydrogen-bond acceptors (Lipinski definition) is 4. The van der Waals surface area contributed by atoms with Crippen molar-refractivity contribution < 1.29 is 0 Å². The molecule has 0 radical (unpaired) electrons. The van der Waals surface area contributed by atoms with Crippen molar-refractivity contribution in [1.82, 2.24) is 19.6 Å². The molecule has 5 nitrogen and oxygen atoms in total. The Balaban J connectivity index is 1.65. The Bertz CT molecular complexity index is 1120. The van der Waals surface area contributed by atoms with Crippen LogP contribution in [0, 0.1) is 6.92 Å². The molecule has 1 saturated carbocycles. The summed E-state index contributed by atoms with van der Waals surface area (Å²) in [6.07, 6.45) is 6.56. The largest absolute Gasteiger partial charge is 0.321 e. The molecule has 4 aromatic rings. The quantitative estimate of drug-likeness (QED) is 0.577. The number of aryl methyl sites for hydroxylation is 1. The van der Waals surface area contributed by atoms with Crippen LogP contribution >= 0.6 is 0 Å². The van der Waals surface area contributed by atoms with Crippen molar-refractivity contribution >= 4 is 5.78 Å². The molecule has 28 heavy (non-hydrogen) atoms. The number of nitrogens with zero attached hydrogens (tertiary/aromatic N) is 4. The maximum absolute atomic E-state index is 6.63. The first-order chi connectivity index (χ1) is 13.6. The minimum atomic E-state index is -0.178. The van der Waals surface area contributed by atoms with Gasteiger partial charge in [0.15, 0.2) is 0 Å². The van der Waals surface area contributed by atoms with Crippen molar-refractivity contribution in [2.75, 3.05) is 0 Å². The summed E-state index contributed by atoms with van der Waals surface area (Å²) in [6.45, 7) is 1.88. The highest BCUT2D eigenvalue weighted by molar-refractivity contribution is 5.81. The molecule has 5 rings (SSSR count). The minimum Gasteiger partial charge on any atom is -0.321 e. The van der Waals surface area contributed by atoms with Crippen LogP contribution in [0.4, 0.5) is 0 Å². The lowest BCUT2D eigenvalue weighted by Crippen LogP contribution is -2.32. The van der Waals surface area contributed by atoms with E-state index in [2.05, 4.69) is 46.5 Å². The molecule has 0 atom stereocenters. The van der Waals surface area contributed by atoms with E-state index < -0.39 is 0 Å². The fraction of sp³-hybridized carbons (Fsp3) is 0.261. The van der Waals surface area contributed by atoms with Gasteiger partial charge in [0.05, 0.1) is 5.69 Å². The number of benzene rings is 2. The molecule has 5 heteroatoms. The summed E-state index contributed by atoms with van der Waals surface area (Å²) >= 11 is 0. The van der Waals surface area contributed by atoms with Gasteiger partial charge in [-0.2, -0.15) is 10.1 Å². The van der Waals surface area contributed by atoms with Crippen molar-refractivity contribution in [1.29, 1.82) is 0 Å². The topological polar surface area (TPSA) is 69.1 Å². The molecule has 2 N–H and O–H groups in total. The maximum Gasteiger partial charge on any atom is 0.252 e. The second-order valence-electron chi connectivity index (χ2n) is 7.71. The van der Waals surface area contributed by atoms with Crippen LogP contribution in [0.2, 0.25) is 0 Å². The van der Waals surface area contributed by atoms with E-state index in [4.69, 9.17) is 10.7 Å². The van der Waals surface area contributed by atoms with Crippen LogP contribution < -0.4 is 5.73 Å². The Labute approximate surface area is 164 Å². The van der Waals surface area contributed by atoms with E-state index in [-0.39, 0.29) is 5.54 Å². The monoisotopic (exact) mass is 369 g/mol. The minimum absolute atomic E-state index is 0.178. The first-order valence-electron chi connectivity index (χ1n) is 9.82. The van der Waals surface area contributed by atoms with Gasteiger partial charge in [-0.25, -0.2) is 9.50 Å². The average molecular weight is 369 g/mol. The molecule has 140 valence electrons. The molecule has 0 bridgehead atoms. The summed E-state index contributed by atoms with van der Waals surface area (Å²) < 4.78 is 1.75. The highest BCUT2D eigenvalue weighted by Gasteiger charge is 2.31. The summed E-state index contributed by atoms with van der Waals surface area (Å²) in [5.41, 5.74) is 11.8. The van der Waals surface area contributed by atoms with E-state index in [1.165, 1.54) is 18.4 Å². The standard InChI is InChI=1S/C23H23N5/c1-16-25-22-26-21(20(15-28(22)27-16)17-7-3-2-4-8-17)18-9-11-19(12-10-18)23(24)13-5-6-14-23/h2-4,7-12,15H,5-6,13-14,24H2,1H3. The predicted octanol–water partition coefficient (Wildman–Crippen LogP) is 4.49. The lowest BCUT2D eigenvalue weighted by atomic mass is 9.88. The van der Waals surface area contributed by atoms with Gasteiger partial charge in [-0.15, -0.1) is 0 Å². The summed E-state index contributed by atoms with van der Waals surface area (Å²) in [6, 6.07) is 18.9. The van der Waals surface area contributed by atoms with Crippen LogP contribution in [-0.4, -0.2) is 19.6 Å². The molecule has 1 fully saturated rings. The number of fused-ring (bicyclic) bond motifs is 1. The van der Waals surface area contributed by atoms with Gasteiger partial charge < -0.3 is 5.73 Å². The van der Waals surface area contributed by atoms with Crippen LogP contribution in [0.25, 0.3) is 28.2 Å². The summed E-state index contributed by atoms with van der Waals surface area (Å²) in [5.74, 6) is 1.33. The highest BCUT2D eigenvalue weighted by atomic mass is 15.3. The van der Waals surface area contributed by atoms with Gasteiger partial charge in [-0.3, -0.25) is 0 Å². The van der Waals surface area contributed by atoms with E-state index in [1.807, 2.05) is 31.3 Å². The Morgan fingerprint density at radius 1 is 0.893 bits per heavy atom. The zero-order valence-corrected chi connectivity index (χ0v) is 16.0. The van der Waals surface area contributed by atoms with E-state index in [1.54, 1.807) is 4.52 Å². The van der Waals surface area contributed by atoms with E-state index in [0.717, 1.165) is 35.2 Å². The van der Waals surface area contributed by atoms with E-state index in [9.17, 15) is 0 Å². The Hall–Kier alpha value is -3.05. The lowest BCUT2D eigenvalue weighted by Gasteiger charge is -2.24. The number of rotatable bonds is 3. The normalized spacial score (nSPS) is 15.9. The zero-order chi connectivity index (χ0) is 19.1. The second-order valence-corrected chi connectivity index (χ2v) is 7.71. The highest BCUT2D eigenvalue weighted by Crippen LogP contribution is 2.37. The van der Waals surface area contributed by atoms with Crippen molar-refractivity contribution in [2.24, 2.45) is 5.73 Å². The molecular formula is C23H23N5. The summed E-state index contributed by atoms with van der Waals surface area (Å²) in [4.78, 5) is 9.29. The summed E-state index contributed by atoms with van der Waals surface area (Å²) in [7, 11) is 0. The lowest BCUT2D eigenvalue weighted by molar-refractivity contribution is 0.462. The predicted molar refractivity (Wildman–Crippen MR) is 111 cm³/mol. The van der Waals surface area contributed by atoms with Crippen molar-refractivity contribution in [3.8, 4) is 22.4 Å². The van der Waals surface area contributed by atoms with Crippen molar-refractivity contribution in [2.45, 2.75) is 38.1 Å². The molecule has 0 unspecified atom stereocenters. The molecule has 0 spiro atoms. The Morgan fingerprint density at radius 2 is 1.61 bits per heavy atom. The van der Waals surface area contributed by atoms with Gasteiger partial charge in [-0.05, 0) is 30.9 Å². The van der Waals surface area contributed by atoms with Crippen LogP contribution in [0.15, 0.2) is 60.8 Å². The molecule has 2 aromatic carbocycles. The summed E-state index contributed by atoms with van der Waals surface area (Å²) in [5, 5.41) is 4.44. The molecule has 0 saturated heterocycles. The van der Waals surface area contributed by atoms with Crippen LogP contribution in [0.5, 0.6) is 0 Å². The molecule has 1 aliphatic carbocycles. The van der Waals surface area contributed by atoms with Gasteiger partial charge in [0, 0.05) is 22.9 Å². The molecule has 2 aromatic heterocycles. The zero-order valence-electron chi connectivity index (χ0n) is 16.0. The van der Waals surface area contributed by atoms with Gasteiger partial charge in [0.25, 0.3) is 5.78 Å². The fourth-order valence-electron chi connectivity index (χ4n) is 4.23. The van der Waals surface area contributed by atoms with Gasteiger partial charge in [0.1, 0.15) is 5.82 Å². The third-order valence-corrected chi connectivity index (χ3v) is 5.75. The van der Waals surface area contributed by atoms with Gasteiger partial charge in [-0.1, -0.05) is 67.4 Å². The number of nitrogens with two attached hydrogens (primary N) is 1. The third kappa shape index (κ3) is 2.88. The number of hydrogen-bond donors (Lipinski definition) is 1. The molecular weight excluding hydrogens is 346 g/mol. The second kappa shape index (κ2) is 6.53. The first-order valence-corrected chi connectivity index (χ1v) is 9.82. The van der Waals surface area contributed by atoms with Crippen LogP contribution in [0.3, 0.4) is 0 Å². The van der Waals surface area contributed by atoms with Crippen LogP contribution in [0.1, 0.15) is 37.1 Å². The number of aromatic nitrogens is 4. The average Bonchev–Trinajstić information content (AvgIpc) is 3.33. The molecule has 2 heterocycles. The molecule has 0 aliphatic heterocycles. The SMILES string of the molecule is Cc1nc2nc(-c3ccc(C4(N)CCCC4)cc3)c(-c3ccccc3)cn2n1. The van der Waals surface area contributed by atoms with E-state index in [0.29, 0.717) is 11.6 Å². The Kier molecular flexibility index (Phi) is 3.98. The fourth-order valence-corrected chi connectivity index (χ4v) is 4.23. The third-order valence-electron chi connectivity index (χ3n) is 5.75. The van der Waals surface area contributed by atoms with Gasteiger partial charge in [0.2, 0.25) is 0 Å². The van der Waals surface area contributed by atoms with Crippen LogP contribution in [-0.2, 0) is 5.54 Å². The first kappa shape index (κ1) is 17.1. The van der Waals surface area contributed by atoms with Gasteiger partial charge >= 0.3 is 0 Å². The van der Waals surface area contributed by atoms with Crippen molar-refractivity contribution in [3.05, 3.63) is 72.2 Å². The molecule has 1 aliphatic rings. The molecule has 0 amide bonds. The Morgan fingerprint density at radius 3 is 2.32 bits per heavy atom. The maximum atomic E-state index is 6.63. The van der Waals surface area contributed by atoms with E-state index >= 15 is 0 Å². The van der Waals surface area contributed by atoms with Crippen molar-refractivity contribution in [3.63, 3.8) is 0 Å². The smallest absolute Gasteiger partial charge is 0.252 e.